The molecule has 0 spiro atoms. The van der Waals surface area contributed by atoms with Crippen LogP contribution in [0.2, 0.25) is 0 Å². The van der Waals surface area contributed by atoms with Crippen molar-refractivity contribution in [3.63, 3.8) is 0 Å². The molecule has 3 nitrogen and oxygen atoms in total. The molecule has 1 aliphatic heterocycles. The molecule has 2 fully saturated rings. The van der Waals surface area contributed by atoms with Crippen molar-refractivity contribution in [3.8, 4) is 0 Å². The summed E-state index contributed by atoms with van der Waals surface area (Å²) in [6.45, 7) is 4.11. The van der Waals surface area contributed by atoms with E-state index in [1.54, 1.807) is 12.1 Å². The number of hydrogen-bond acceptors (Lipinski definition) is 2. The smallest absolute Gasteiger partial charge is 0.241 e. The molecular weight excluding hydrogens is 255 g/mol. The molecule has 2 atom stereocenters. The van der Waals surface area contributed by atoms with E-state index in [2.05, 4.69) is 19.2 Å². The van der Waals surface area contributed by atoms with Crippen molar-refractivity contribution >= 4 is 5.91 Å². The maximum atomic E-state index is 13.1. The monoisotopic (exact) mass is 276 g/mol. The molecule has 1 heterocycles. The van der Waals surface area contributed by atoms with E-state index in [9.17, 15) is 9.18 Å². The normalized spacial score (nSPS) is 27.2. The maximum Gasteiger partial charge on any atom is 0.241 e. The summed E-state index contributed by atoms with van der Waals surface area (Å²) in [5.74, 6) is 0.211. The molecule has 2 aliphatic rings. The lowest BCUT2D eigenvalue weighted by Crippen LogP contribution is -2.44. The summed E-state index contributed by atoms with van der Waals surface area (Å²) in [5, 5.41) is 3.43. The first-order valence-corrected chi connectivity index (χ1v) is 7.41. The highest BCUT2D eigenvalue weighted by molar-refractivity contribution is 5.85. The Balaban J connectivity index is 1.90. The van der Waals surface area contributed by atoms with Crippen LogP contribution in [0.3, 0.4) is 0 Å². The third kappa shape index (κ3) is 2.22. The largest absolute Gasteiger partial charge is 0.319 e. The topological polar surface area (TPSA) is 32.3 Å². The third-order valence-corrected chi connectivity index (χ3v) is 4.46. The molecule has 1 aromatic carbocycles. The summed E-state index contributed by atoms with van der Waals surface area (Å²) >= 11 is 0. The van der Waals surface area contributed by atoms with Gasteiger partial charge in [-0.2, -0.15) is 0 Å². The van der Waals surface area contributed by atoms with Gasteiger partial charge in [0.2, 0.25) is 5.91 Å². The number of halogens is 1. The second kappa shape index (κ2) is 5.17. The van der Waals surface area contributed by atoms with Gasteiger partial charge in [-0.3, -0.25) is 10.1 Å². The van der Waals surface area contributed by atoms with Crippen molar-refractivity contribution in [1.29, 1.82) is 0 Å². The van der Waals surface area contributed by atoms with Gasteiger partial charge in [0.15, 0.2) is 0 Å². The number of rotatable bonds is 3. The highest BCUT2D eigenvalue weighted by Crippen LogP contribution is 2.36. The molecule has 0 bridgehead atoms. The molecule has 3 rings (SSSR count). The highest BCUT2D eigenvalue weighted by atomic mass is 19.1. The zero-order valence-electron chi connectivity index (χ0n) is 12.0. The first-order valence-electron chi connectivity index (χ1n) is 7.41. The van der Waals surface area contributed by atoms with Crippen molar-refractivity contribution in [2.75, 3.05) is 0 Å². The first-order chi connectivity index (χ1) is 9.58. The number of nitrogens with zero attached hydrogens (tertiary/aromatic N) is 1. The van der Waals surface area contributed by atoms with Gasteiger partial charge in [0, 0.05) is 6.04 Å². The average Bonchev–Trinajstić information content (AvgIpc) is 2.67. The van der Waals surface area contributed by atoms with E-state index in [4.69, 9.17) is 0 Å². The fourth-order valence-electron chi connectivity index (χ4n) is 3.04. The minimum atomic E-state index is -0.242. The van der Waals surface area contributed by atoms with Crippen LogP contribution in [0.4, 0.5) is 4.39 Å². The molecule has 1 amide bonds. The Morgan fingerprint density at radius 2 is 1.90 bits per heavy atom. The Bertz CT molecular complexity index is 496. The predicted molar refractivity (Wildman–Crippen MR) is 75.4 cm³/mol. The lowest BCUT2D eigenvalue weighted by Gasteiger charge is -2.38. The lowest BCUT2D eigenvalue weighted by molar-refractivity contribution is -0.134. The van der Waals surface area contributed by atoms with Crippen molar-refractivity contribution in [3.05, 3.63) is 35.6 Å². The Kier molecular flexibility index (Phi) is 3.50. The van der Waals surface area contributed by atoms with E-state index >= 15 is 0 Å². The van der Waals surface area contributed by atoms with Crippen LogP contribution < -0.4 is 5.32 Å². The zero-order chi connectivity index (χ0) is 14.3. The van der Waals surface area contributed by atoms with Crippen LogP contribution in [0, 0.1) is 11.7 Å². The summed E-state index contributed by atoms with van der Waals surface area (Å²) < 4.78 is 13.1. The third-order valence-electron chi connectivity index (χ3n) is 4.46. The molecule has 1 saturated carbocycles. The van der Waals surface area contributed by atoms with E-state index in [0.717, 1.165) is 18.4 Å². The SMILES string of the molecule is CC(C)C1NC(c2ccc(F)cc2)N(C2CCC2)C1=O. The van der Waals surface area contributed by atoms with Crippen LogP contribution in [-0.2, 0) is 4.79 Å². The Labute approximate surface area is 119 Å². The van der Waals surface area contributed by atoms with Gasteiger partial charge in [-0.25, -0.2) is 4.39 Å². The summed E-state index contributed by atoms with van der Waals surface area (Å²) in [5.41, 5.74) is 0.967. The fraction of sp³-hybridized carbons (Fsp3) is 0.562. The molecule has 0 aromatic heterocycles. The van der Waals surface area contributed by atoms with Crippen LogP contribution in [-0.4, -0.2) is 22.9 Å². The second-order valence-corrected chi connectivity index (χ2v) is 6.17. The van der Waals surface area contributed by atoms with Crippen molar-refractivity contribution in [2.24, 2.45) is 5.92 Å². The van der Waals surface area contributed by atoms with Crippen molar-refractivity contribution in [1.82, 2.24) is 10.2 Å². The van der Waals surface area contributed by atoms with Crippen molar-refractivity contribution in [2.45, 2.75) is 51.4 Å². The van der Waals surface area contributed by atoms with Crippen LogP contribution in [0.1, 0.15) is 44.8 Å². The van der Waals surface area contributed by atoms with Crippen LogP contribution in [0.15, 0.2) is 24.3 Å². The second-order valence-electron chi connectivity index (χ2n) is 6.17. The summed E-state index contributed by atoms with van der Waals surface area (Å²) in [6, 6.07) is 6.68. The summed E-state index contributed by atoms with van der Waals surface area (Å²) in [4.78, 5) is 14.6. The van der Waals surface area contributed by atoms with Gasteiger partial charge in [-0.05, 0) is 42.9 Å². The van der Waals surface area contributed by atoms with Crippen LogP contribution in [0.25, 0.3) is 0 Å². The van der Waals surface area contributed by atoms with Crippen LogP contribution in [0.5, 0.6) is 0 Å². The number of carbonyl (C=O) groups is 1. The Hall–Kier alpha value is -1.42. The number of nitrogens with one attached hydrogen (secondary N) is 1. The van der Waals surface area contributed by atoms with Gasteiger partial charge < -0.3 is 4.90 Å². The Morgan fingerprint density at radius 1 is 1.25 bits per heavy atom. The fourth-order valence-corrected chi connectivity index (χ4v) is 3.04. The molecule has 4 heteroatoms. The van der Waals surface area contributed by atoms with Gasteiger partial charge >= 0.3 is 0 Å². The van der Waals surface area contributed by atoms with E-state index in [-0.39, 0.29) is 29.8 Å². The van der Waals surface area contributed by atoms with Gasteiger partial charge in [-0.15, -0.1) is 0 Å². The maximum absolute atomic E-state index is 13.1. The number of amides is 1. The molecular formula is C16H21FN2O. The van der Waals surface area contributed by atoms with Gasteiger partial charge in [0.05, 0.1) is 6.04 Å². The summed E-state index contributed by atoms with van der Waals surface area (Å²) in [7, 11) is 0. The molecule has 1 saturated heterocycles. The van der Waals surface area contributed by atoms with Gasteiger partial charge in [0.25, 0.3) is 0 Å². The van der Waals surface area contributed by atoms with Crippen LogP contribution >= 0.6 is 0 Å². The minimum Gasteiger partial charge on any atom is -0.319 e. The van der Waals surface area contributed by atoms with Crippen molar-refractivity contribution < 1.29 is 9.18 Å². The first kappa shape index (κ1) is 13.6. The number of benzene rings is 1. The number of hydrogen-bond donors (Lipinski definition) is 1. The van der Waals surface area contributed by atoms with E-state index in [1.165, 1.54) is 18.6 Å². The molecule has 20 heavy (non-hydrogen) atoms. The molecule has 108 valence electrons. The minimum absolute atomic E-state index is 0.110. The molecule has 2 unspecified atom stereocenters. The molecule has 1 N–H and O–H groups in total. The predicted octanol–water partition coefficient (Wildman–Crippen LogP) is 2.83. The van der Waals surface area contributed by atoms with Gasteiger partial charge in [-0.1, -0.05) is 26.0 Å². The molecule has 0 radical (unpaired) electrons. The Morgan fingerprint density at radius 3 is 2.40 bits per heavy atom. The van der Waals surface area contributed by atoms with E-state index < -0.39 is 0 Å². The average molecular weight is 276 g/mol. The molecule has 1 aromatic rings. The van der Waals surface area contributed by atoms with Gasteiger partial charge in [0.1, 0.15) is 12.0 Å². The highest BCUT2D eigenvalue weighted by Gasteiger charge is 2.45. The summed E-state index contributed by atoms with van der Waals surface area (Å²) in [6.07, 6.45) is 3.24. The zero-order valence-corrected chi connectivity index (χ0v) is 12.0. The van der Waals surface area contributed by atoms with E-state index in [1.807, 2.05) is 4.90 Å². The standard InChI is InChI=1S/C16H21FN2O/c1-10(2)14-16(20)19(13-4-3-5-13)15(18-14)11-6-8-12(17)9-7-11/h6-10,13-15,18H,3-5H2,1-2H3. The van der Waals surface area contributed by atoms with E-state index in [0.29, 0.717) is 6.04 Å². The number of carbonyl (C=O) groups excluding carboxylic acids is 1. The molecule has 1 aliphatic carbocycles. The quantitative estimate of drug-likeness (QED) is 0.920. The lowest BCUT2D eigenvalue weighted by atomic mass is 9.90.